The van der Waals surface area contributed by atoms with Gasteiger partial charge in [0, 0.05) is 5.02 Å². The molecule has 0 aromatic heterocycles. The smallest absolute Gasteiger partial charge is 0.122 e. The standard InChI is InChI=1S/C13H14ClNO/c1-16-12-4-3-11(14)7-10(12)8-13(9-15)5-2-6-13/h3-4,7H,2,5-6,8H2,1H3. The van der Waals surface area contributed by atoms with Gasteiger partial charge in [-0.1, -0.05) is 18.0 Å². The lowest BCUT2D eigenvalue weighted by Crippen LogP contribution is -2.30. The van der Waals surface area contributed by atoms with Crippen molar-refractivity contribution in [3.63, 3.8) is 0 Å². The highest BCUT2D eigenvalue weighted by Gasteiger charge is 2.37. The molecule has 2 nitrogen and oxygen atoms in total. The maximum Gasteiger partial charge on any atom is 0.122 e. The van der Waals surface area contributed by atoms with Crippen molar-refractivity contribution in [3.8, 4) is 11.8 Å². The Morgan fingerprint density at radius 2 is 2.25 bits per heavy atom. The first-order chi connectivity index (χ1) is 7.69. The Morgan fingerprint density at radius 1 is 1.50 bits per heavy atom. The van der Waals surface area contributed by atoms with Crippen LogP contribution in [0.2, 0.25) is 5.02 Å². The molecular weight excluding hydrogens is 222 g/mol. The van der Waals surface area contributed by atoms with E-state index >= 15 is 0 Å². The molecule has 3 heteroatoms. The van der Waals surface area contributed by atoms with E-state index in [1.54, 1.807) is 7.11 Å². The highest BCUT2D eigenvalue weighted by atomic mass is 35.5. The second kappa shape index (κ2) is 4.35. The molecule has 0 aliphatic heterocycles. The molecular formula is C13H14ClNO. The minimum absolute atomic E-state index is 0.183. The van der Waals surface area contributed by atoms with Crippen LogP contribution >= 0.6 is 11.6 Å². The number of benzene rings is 1. The van der Waals surface area contributed by atoms with Crippen LogP contribution in [0.5, 0.6) is 5.75 Å². The molecule has 0 atom stereocenters. The summed E-state index contributed by atoms with van der Waals surface area (Å²) in [6, 6.07) is 8.01. The highest BCUT2D eigenvalue weighted by Crippen LogP contribution is 2.44. The number of methoxy groups -OCH3 is 1. The fraction of sp³-hybridized carbons (Fsp3) is 0.462. The molecule has 0 unspecified atom stereocenters. The van der Waals surface area contributed by atoms with Crippen molar-refractivity contribution in [2.24, 2.45) is 5.41 Å². The number of nitriles is 1. The van der Waals surface area contributed by atoms with Crippen LogP contribution in [0.4, 0.5) is 0 Å². The Hall–Kier alpha value is -1.20. The molecule has 2 rings (SSSR count). The van der Waals surface area contributed by atoms with Crippen LogP contribution in [-0.4, -0.2) is 7.11 Å². The van der Waals surface area contributed by atoms with Crippen LogP contribution in [0, 0.1) is 16.7 Å². The second-order valence-corrected chi connectivity index (χ2v) is 4.82. The average molecular weight is 236 g/mol. The van der Waals surface area contributed by atoms with Gasteiger partial charge in [-0.3, -0.25) is 0 Å². The van der Waals surface area contributed by atoms with Crippen molar-refractivity contribution >= 4 is 11.6 Å². The largest absolute Gasteiger partial charge is 0.496 e. The fourth-order valence-corrected chi connectivity index (χ4v) is 2.38. The van der Waals surface area contributed by atoms with E-state index in [4.69, 9.17) is 16.3 Å². The SMILES string of the molecule is COc1ccc(Cl)cc1CC1(C#N)CCC1. The summed E-state index contributed by atoms with van der Waals surface area (Å²) in [5, 5.41) is 9.90. The molecule has 1 saturated carbocycles. The third-order valence-corrected chi connectivity index (χ3v) is 3.55. The lowest BCUT2D eigenvalue weighted by Gasteiger charge is -2.35. The van der Waals surface area contributed by atoms with Crippen molar-refractivity contribution in [1.82, 2.24) is 0 Å². The molecule has 1 aromatic rings. The number of rotatable bonds is 3. The predicted octanol–water partition coefficient (Wildman–Crippen LogP) is 3.58. The molecule has 0 N–H and O–H groups in total. The van der Waals surface area contributed by atoms with Crippen molar-refractivity contribution in [2.45, 2.75) is 25.7 Å². The summed E-state index contributed by atoms with van der Waals surface area (Å²) in [6.07, 6.45) is 3.86. The Kier molecular flexibility index (Phi) is 3.07. The summed E-state index contributed by atoms with van der Waals surface area (Å²) < 4.78 is 5.29. The van der Waals surface area contributed by atoms with Gasteiger partial charge in [-0.15, -0.1) is 0 Å². The van der Waals surface area contributed by atoms with Crippen LogP contribution in [0.15, 0.2) is 18.2 Å². The molecule has 1 aromatic carbocycles. The van der Waals surface area contributed by atoms with Gasteiger partial charge in [-0.25, -0.2) is 0 Å². The maximum atomic E-state index is 9.21. The zero-order valence-corrected chi connectivity index (χ0v) is 10.0. The van der Waals surface area contributed by atoms with Gasteiger partial charge in [-0.2, -0.15) is 5.26 Å². The van der Waals surface area contributed by atoms with Crippen molar-refractivity contribution in [2.75, 3.05) is 7.11 Å². The molecule has 0 radical (unpaired) electrons. The molecule has 84 valence electrons. The van der Waals surface area contributed by atoms with Gasteiger partial charge in [0.25, 0.3) is 0 Å². The lowest BCUT2D eigenvalue weighted by molar-refractivity contribution is 0.212. The van der Waals surface area contributed by atoms with Gasteiger partial charge < -0.3 is 4.74 Å². The molecule has 0 bridgehead atoms. The summed E-state index contributed by atoms with van der Waals surface area (Å²) in [5.41, 5.74) is 0.856. The predicted molar refractivity (Wildman–Crippen MR) is 63.6 cm³/mol. The van der Waals surface area contributed by atoms with Crippen molar-refractivity contribution in [1.29, 1.82) is 5.26 Å². The summed E-state index contributed by atoms with van der Waals surface area (Å²) in [6.45, 7) is 0. The van der Waals surface area contributed by atoms with Gasteiger partial charge >= 0.3 is 0 Å². The monoisotopic (exact) mass is 235 g/mol. The van der Waals surface area contributed by atoms with E-state index in [1.165, 1.54) is 0 Å². The molecule has 0 saturated heterocycles. The maximum absolute atomic E-state index is 9.21. The van der Waals surface area contributed by atoms with Crippen LogP contribution < -0.4 is 4.74 Å². The number of halogens is 1. The van der Waals surface area contributed by atoms with Crippen LogP contribution in [0.25, 0.3) is 0 Å². The topological polar surface area (TPSA) is 33.0 Å². The number of hydrogen-bond acceptors (Lipinski definition) is 2. The zero-order chi connectivity index (χ0) is 11.6. The van der Waals surface area contributed by atoms with Crippen LogP contribution in [-0.2, 0) is 6.42 Å². The molecule has 1 aliphatic carbocycles. The van der Waals surface area contributed by atoms with Gasteiger partial charge in [0.15, 0.2) is 0 Å². The van der Waals surface area contributed by atoms with Gasteiger partial charge in [-0.05, 0) is 43.0 Å². The van der Waals surface area contributed by atoms with Crippen LogP contribution in [0.1, 0.15) is 24.8 Å². The van der Waals surface area contributed by atoms with Crippen LogP contribution in [0.3, 0.4) is 0 Å². The molecule has 0 spiro atoms. The molecule has 16 heavy (non-hydrogen) atoms. The summed E-state index contributed by atoms with van der Waals surface area (Å²) in [4.78, 5) is 0. The molecule has 1 aliphatic rings. The summed E-state index contributed by atoms with van der Waals surface area (Å²) in [7, 11) is 1.65. The highest BCUT2D eigenvalue weighted by molar-refractivity contribution is 6.30. The number of nitrogens with zero attached hydrogens (tertiary/aromatic N) is 1. The second-order valence-electron chi connectivity index (χ2n) is 4.38. The minimum Gasteiger partial charge on any atom is -0.496 e. The fourth-order valence-electron chi connectivity index (χ4n) is 2.18. The number of ether oxygens (including phenoxy) is 1. The Labute approximate surface area is 101 Å². The zero-order valence-electron chi connectivity index (χ0n) is 9.29. The first-order valence-corrected chi connectivity index (χ1v) is 5.81. The molecule has 0 amide bonds. The first-order valence-electron chi connectivity index (χ1n) is 5.43. The Balaban J connectivity index is 2.26. The third-order valence-electron chi connectivity index (χ3n) is 3.32. The lowest BCUT2D eigenvalue weighted by atomic mass is 9.66. The Bertz CT molecular complexity index is 432. The summed E-state index contributed by atoms with van der Waals surface area (Å²) in [5.74, 6) is 0.825. The first kappa shape index (κ1) is 11.3. The minimum atomic E-state index is -0.183. The van der Waals surface area contributed by atoms with Gasteiger partial charge in [0.1, 0.15) is 5.75 Å². The normalized spacial score (nSPS) is 17.3. The molecule has 1 fully saturated rings. The van der Waals surface area contributed by atoms with Crippen molar-refractivity contribution in [3.05, 3.63) is 28.8 Å². The average Bonchev–Trinajstić information content (AvgIpc) is 2.24. The van der Waals surface area contributed by atoms with E-state index in [2.05, 4.69) is 6.07 Å². The van der Waals surface area contributed by atoms with Gasteiger partial charge in [0.2, 0.25) is 0 Å². The quantitative estimate of drug-likeness (QED) is 0.802. The van der Waals surface area contributed by atoms with Gasteiger partial charge in [0.05, 0.1) is 18.6 Å². The van der Waals surface area contributed by atoms with E-state index in [0.29, 0.717) is 5.02 Å². The van der Waals surface area contributed by atoms with E-state index in [0.717, 1.165) is 37.0 Å². The Morgan fingerprint density at radius 3 is 2.75 bits per heavy atom. The van der Waals surface area contributed by atoms with E-state index in [1.807, 2.05) is 18.2 Å². The van der Waals surface area contributed by atoms with E-state index in [-0.39, 0.29) is 5.41 Å². The third kappa shape index (κ3) is 2.01. The van der Waals surface area contributed by atoms with Crippen molar-refractivity contribution < 1.29 is 4.74 Å². The summed E-state index contributed by atoms with van der Waals surface area (Å²) >= 11 is 5.97. The number of hydrogen-bond donors (Lipinski definition) is 0. The van der Waals surface area contributed by atoms with E-state index in [9.17, 15) is 5.26 Å². The molecule has 0 heterocycles. The van der Waals surface area contributed by atoms with E-state index < -0.39 is 0 Å².